The highest BCUT2D eigenvalue weighted by Gasteiger charge is 2.30. The molecule has 0 spiro atoms. The van der Waals surface area contributed by atoms with Gasteiger partial charge in [0.05, 0.1) is 11.9 Å². The van der Waals surface area contributed by atoms with Gasteiger partial charge >= 0.3 is 6.18 Å². The second-order valence-electron chi connectivity index (χ2n) is 6.89. The monoisotopic (exact) mass is 397 g/mol. The molecule has 0 saturated heterocycles. The highest BCUT2D eigenvalue weighted by atomic mass is 19.4. The van der Waals surface area contributed by atoms with E-state index in [9.17, 15) is 13.2 Å². The highest BCUT2D eigenvalue weighted by molar-refractivity contribution is 5.92. The smallest absolute Gasteiger partial charge is 0.355 e. The first-order valence-corrected chi connectivity index (χ1v) is 9.06. The van der Waals surface area contributed by atoms with Crippen LogP contribution < -0.4 is 5.32 Å². The molecule has 0 aliphatic heterocycles. The number of para-hydroxylation sites is 1. The number of benzene rings is 2. The Bertz CT molecular complexity index is 1150. The summed E-state index contributed by atoms with van der Waals surface area (Å²) in [6.45, 7) is 4.09. The number of imidazole rings is 1. The molecule has 0 fully saturated rings. The molecule has 1 N–H and O–H groups in total. The van der Waals surface area contributed by atoms with Crippen molar-refractivity contribution in [2.24, 2.45) is 0 Å². The van der Waals surface area contributed by atoms with Crippen molar-refractivity contribution in [3.8, 4) is 11.3 Å². The molecule has 0 unspecified atom stereocenters. The van der Waals surface area contributed by atoms with E-state index in [1.54, 1.807) is 6.33 Å². The zero-order valence-electron chi connectivity index (χ0n) is 15.8. The van der Waals surface area contributed by atoms with Crippen LogP contribution >= 0.6 is 0 Å². The second-order valence-corrected chi connectivity index (χ2v) is 6.89. The quantitative estimate of drug-likeness (QED) is 0.470. The number of halogens is 3. The lowest BCUT2D eigenvalue weighted by atomic mass is 10.1. The fourth-order valence-electron chi connectivity index (χ4n) is 3.12. The van der Waals surface area contributed by atoms with Crippen molar-refractivity contribution in [2.75, 3.05) is 5.32 Å². The van der Waals surface area contributed by atoms with E-state index < -0.39 is 11.7 Å². The van der Waals surface area contributed by atoms with Crippen molar-refractivity contribution in [3.05, 3.63) is 66.7 Å². The fourth-order valence-corrected chi connectivity index (χ4v) is 3.12. The Balaban J connectivity index is 1.74. The minimum atomic E-state index is -4.36. The third-order valence-corrected chi connectivity index (χ3v) is 4.59. The molecule has 0 aliphatic rings. The third-order valence-electron chi connectivity index (χ3n) is 4.59. The van der Waals surface area contributed by atoms with Crippen molar-refractivity contribution >= 4 is 22.5 Å². The molecule has 0 saturated carbocycles. The summed E-state index contributed by atoms with van der Waals surface area (Å²) in [5.74, 6) is 0. The number of nitrogens with one attached hydrogen (secondary N) is 1. The normalized spacial score (nSPS) is 11.9. The number of fused-ring (bicyclic) bond motifs is 1. The Labute approximate surface area is 165 Å². The average molecular weight is 397 g/mol. The van der Waals surface area contributed by atoms with Crippen molar-refractivity contribution in [3.63, 3.8) is 0 Å². The van der Waals surface area contributed by atoms with Crippen LogP contribution in [0.3, 0.4) is 0 Å². The van der Waals surface area contributed by atoms with Gasteiger partial charge in [0.1, 0.15) is 17.5 Å². The summed E-state index contributed by atoms with van der Waals surface area (Å²) < 4.78 is 40.4. The van der Waals surface area contributed by atoms with Gasteiger partial charge in [0.2, 0.25) is 0 Å². The van der Waals surface area contributed by atoms with E-state index in [2.05, 4.69) is 20.3 Å². The lowest BCUT2D eigenvalue weighted by molar-refractivity contribution is -0.137. The second kappa shape index (κ2) is 7.20. The molecule has 2 heterocycles. The average Bonchev–Trinajstić information content (AvgIpc) is 3.13. The van der Waals surface area contributed by atoms with Gasteiger partial charge in [0.15, 0.2) is 5.65 Å². The summed E-state index contributed by atoms with van der Waals surface area (Å²) in [6, 6.07) is 12.6. The number of rotatable bonds is 4. The minimum absolute atomic E-state index is 0.197. The summed E-state index contributed by atoms with van der Waals surface area (Å²) in [5.41, 5.74) is 3.42. The van der Waals surface area contributed by atoms with Gasteiger partial charge < -0.3 is 9.88 Å². The maximum atomic E-state index is 12.8. The molecule has 4 aromatic rings. The van der Waals surface area contributed by atoms with Crippen LogP contribution in [0.5, 0.6) is 0 Å². The molecule has 0 aliphatic carbocycles. The predicted molar refractivity (Wildman–Crippen MR) is 106 cm³/mol. The van der Waals surface area contributed by atoms with E-state index in [-0.39, 0.29) is 6.04 Å². The first-order valence-electron chi connectivity index (χ1n) is 9.06. The molecule has 0 radical (unpaired) electrons. The summed E-state index contributed by atoms with van der Waals surface area (Å²) in [6.07, 6.45) is -1.13. The molecule has 0 amide bonds. The zero-order chi connectivity index (χ0) is 20.6. The zero-order valence-corrected chi connectivity index (χ0v) is 15.8. The molecule has 4 rings (SSSR count). The molecular formula is C21H18F3N5. The number of anilines is 2. The molecule has 0 atom stereocenters. The molecular weight excluding hydrogens is 379 g/mol. The molecule has 2 aromatic carbocycles. The van der Waals surface area contributed by atoms with E-state index in [0.29, 0.717) is 22.6 Å². The standard InChI is InChI=1S/C21H18F3N5/c1-13(2)29-12-27-19-18(25-11-26-20(19)29)16-5-3-4-6-17(16)28-15-9-7-14(8-10-15)21(22,23)24/h3-13,28H,1-2H3. The Morgan fingerprint density at radius 1 is 0.931 bits per heavy atom. The highest BCUT2D eigenvalue weighted by Crippen LogP contribution is 2.34. The van der Waals surface area contributed by atoms with Crippen LogP contribution in [0.15, 0.2) is 61.2 Å². The summed E-state index contributed by atoms with van der Waals surface area (Å²) in [4.78, 5) is 13.3. The summed E-state index contributed by atoms with van der Waals surface area (Å²) >= 11 is 0. The van der Waals surface area contributed by atoms with Crippen LogP contribution in [0.1, 0.15) is 25.5 Å². The molecule has 2 aromatic heterocycles. The SMILES string of the molecule is CC(C)n1cnc2c(-c3ccccc3Nc3ccc(C(F)(F)F)cc3)ncnc21. The van der Waals surface area contributed by atoms with E-state index in [1.807, 2.05) is 42.7 Å². The van der Waals surface area contributed by atoms with E-state index >= 15 is 0 Å². The molecule has 0 bridgehead atoms. The Morgan fingerprint density at radius 2 is 1.66 bits per heavy atom. The number of hydrogen-bond donors (Lipinski definition) is 1. The van der Waals surface area contributed by atoms with Crippen LogP contribution in [-0.4, -0.2) is 19.5 Å². The largest absolute Gasteiger partial charge is 0.416 e. The van der Waals surface area contributed by atoms with E-state index in [0.717, 1.165) is 23.3 Å². The van der Waals surface area contributed by atoms with Gasteiger partial charge in [-0.25, -0.2) is 15.0 Å². The maximum absolute atomic E-state index is 12.8. The van der Waals surface area contributed by atoms with Gasteiger partial charge in [0.25, 0.3) is 0 Å². The first kappa shape index (κ1) is 18.9. The number of nitrogens with zero attached hydrogens (tertiary/aromatic N) is 4. The van der Waals surface area contributed by atoms with Gasteiger partial charge in [-0.15, -0.1) is 0 Å². The van der Waals surface area contributed by atoms with Gasteiger partial charge in [0, 0.05) is 23.0 Å². The van der Waals surface area contributed by atoms with Crippen LogP contribution in [0.25, 0.3) is 22.4 Å². The van der Waals surface area contributed by atoms with Crippen molar-refractivity contribution in [2.45, 2.75) is 26.1 Å². The van der Waals surface area contributed by atoms with E-state index in [1.165, 1.54) is 18.5 Å². The van der Waals surface area contributed by atoms with Crippen molar-refractivity contribution in [1.82, 2.24) is 19.5 Å². The van der Waals surface area contributed by atoms with Crippen molar-refractivity contribution in [1.29, 1.82) is 0 Å². The fraction of sp³-hybridized carbons (Fsp3) is 0.190. The van der Waals surface area contributed by atoms with Crippen LogP contribution in [-0.2, 0) is 6.18 Å². The first-order chi connectivity index (χ1) is 13.8. The van der Waals surface area contributed by atoms with Crippen LogP contribution in [0.4, 0.5) is 24.5 Å². The Morgan fingerprint density at radius 3 is 2.34 bits per heavy atom. The molecule has 29 heavy (non-hydrogen) atoms. The topological polar surface area (TPSA) is 55.6 Å². The van der Waals surface area contributed by atoms with Crippen molar-refractivity contribution < 1.29 is 13.2 Å². The predicted octanol–water partition coefficient (Wildman–Crippen LogP) is 5.84. The molecule has 148 valence electrons. The van der Waals surface area contributed by atoms with Crippen LogP contribution in [0.2, 0.25) is 0 Å². The van der Waals surface area contributed by atoms with E-state index in [4.69, 9.17) is 0 Å². The Kier molecular flexibility index (Phi) is 4.70. The van der Waals surface area contributed by atoms with Gasteiger partial charge in [-0.05, 0) is 44.2 Å². The van der Waals surface area contributed by atoms with Gasteiger partial charge in [-0.3, -0.25) is 0 Å². The molecule has 8 heteroatoms. The molecule has 5 nitrogen and oxygen atoms in total. The Hall–Kier alpha value is -3.42. The summed E-state index contributed by atoms with van der Waals surface area (Å²) in [7, 11) is 0. The lowest BCUT2D eigenvalue weighted by Crippen LogP contribution is -2.04. The maximum Gasteiger partial charge on any atom is 0.416 e. The number of aromatic nitrogens is 4. The number of alkyl halides is 3. The summed E-state index contributed by atoms with van der Waals surface area (Å²) in [5, 5.41) is 3.18. The minimum Gasteiger partial charge on any atom is -0.355 e. The lowest BCUT2D eigenvalue weighted by Gasteiger charge is -2.13. The third kappa shape index (κ3) is 3.65. The van der Waals surface area contributed by atoms with Gasteiger partial charge in [-0.2, -0.15) is 13.2 Å². The van der Waals surface area contributed by atoms with Gasteiger partial charge in [-0.1, -0.05) is 18.2 Å². The number of hydrogen-bond acceptors (Lipinski definition) is 4. The van der Waals surface area contributed by atoms with Crippen LogP contribution in [0, 0.1) is 0 Å².